The first kappa shape index (κ1) is 24.9. The standard InChI is InChI=1S/C24H33N3O3S/c1-14(2)7-21-11-20(10-17(5)26-21)24(27-25)31-18(6)19-8-15(3)23(16(4)9-19)30-13-22(29)12-28/h8-11,14,22,28-29H,6-7,12-13,25H2,1-5H3/b27-24-. The summed E-state index contributed by atoms with van der Waals surface area (Å²) < 4.78 is 5.69. The van der Waals surface area contributed by atoms with Crippen molar-refractivity contribution in [2.45, 2.75) is 47.1 Å². The SMILES string of the molecule is C=C(S/C(=N\N)c1cc(C)nc(CC(C)C)c1)c1cc(C)c(OCC(O)CO)c(C)c1. The molecule has 2 rings (SSSR count). The van der Waals surface area contributed by atoms with Crippen LogP contribution in [0.15, 0.2) is 35.9 Å². The van der Waals surface area contributed by atoms with Gasteiger partial charge in [0.25, 0.3) is 0 Å². The van der Waals surface area contributed by atoms with Crippen LogP contribution < -0.4 is 10.6 Å². The van der Waals surface area contributed by atoms with Crippen LogP contribution in [-0.4, -0.2) is 39.6 Å². The Balaban J connectivity index is 2.23. The number of pyridine rings is 1. The zero-order valence-electron chi connectivity index (χ0n) is 19.0. The van der Waals surface area contributed by atoms with Crippen LogP contribution in [0.3, 0.4) is 0 Å². The molecule has 168 valence electrons. The van der Waals surface area contributed by atoms with Gasteiger partial charge in [-0.1, -0.05) is 32.2 Å². The van der Waals surface area contributed by atoms with Crippen molar-refractivity contribution in [1.29, 1.82) is 0 Å². The van der Waals surface area contributed by atoms with E-state index in [9.17, 15) is 5.11 Å². The number of hydrazone groups is 1. The molecule has 0 saturated carbocycles. The molecule has 4 N–H and O–H groups in total. The van der Waals surface area contributed by atoms with Gasteiger partial charge in [0.1, 0.15) is 23.5 Å². The van der Waals surface area contributed by atoms with E-state index in [1.807, 2.05) is 45.0 Å². The van der Waals surface area contributed by atoms with Crippen LogP contribution in [0.4, 0.5) is 0 Å². The molecular formula is C24H33N3O3S. The average molecular weight is 444 g/mol. The fraction of sp³-hybridized carbons (Fsp3) is 0.417. The Labute approximate surface area is 189 Å². The topological polar surface area (TPSA) is 101 Å². The van der Waals surface area contributed by atoms with E-state index in [0.717, 1.165) is 45.0 Å². The van der Waals surface area contributed by atoms with Crippen molar-refractivity contribution in [3.05, 3.63) is 64.5 Å². The predicted molar refractivity (Wildman–Crippen MR) is 129 cm³/mol. The van der Waals surface area contributed by atoms with Crippen LogP contribution in [0.25, 0.3) is 4.91 Å². The highest BCUT2D eigenvalue weighted by Gasteiger charge is 2.15. The van der Waals surface area contributed by atoms with Gasteiger partial charge in [-0.3, -0.25) is 4.98 Å². The molecular weight excluding hydrogens is 410 g/mol. The fourth-order valence-electron chi connectivity index (χ4n) is 3.29. The van der Waals surface area contributed by atoms with Crippen molar-refractivity contribution < 1.29 is 14.9 Å². The molecule has 0 radical (unpaired) electrons. The second-order valence-electron chi connectivity index (χ2n) is 8.13. The third-order valence-corrected chi connectivity index (χ3v) is 5.64. The van der Waals surface area contributed by atoms with Gasteiger partial charge in [-0.15, -0.1) is 0 Å². The Morgan fingerprint density at radius 1 is 1.16 bits per heavy atom. The predicted octanol–water partition coefficient (Wildman–Crippen LogP) is 3.96. The van der Waals surface area contributed by atoms with Crippen LogP contribution in [0.1, 0.15) is 47.5 Å². The van der Waals surface area contributed by atoms with Gasteiger partial charge in [0.2, 0.25) is 0 Å². The summed E-state index contributed by atoms with van der Waals surface area (Å²) in [7, 11) is 0. The number of hydrogen-bond acceptors (Lipinski definition) is 7. The number of benzene rings is 1. The lowest BCUT2D eigenvalue weighted by atomic mass is 10.1. The van der Waals surface area contributed by atoms with Gasteiger partial charge in [-0.25, -0.2) is 0 Å². The quantitative estimate of drug-likeness (QED) is 0.235. The molecule has 1 heterocycles. The van der Waals surface area contributed by atoms with Gasteiger partial charge >= 0.3 is 0 Å². The number of aryl methyl sites for hydroxylation is 3. The highest BCUT2D eigenvalue weighted by Crippen LogP contribution is 2.34. The summed E-state index contributed by atoms with van der Waals surface area (Å²) in [6, 6.07) is 7.99. The minimum Gasteiger partial charge on any atom is -0.490 e. The maximum atomic E-state index is 9.54. The molecule has 0 saturated heterocycles. The lowest BCUT2D eigenvalue weighted by Gasteiger charge is -2.17. The Morgan fingerprint density at radius 2 is 1.81 bits per heavy atom. The minimum atomic E-state index is -0.906. The summed E-state index contributed by atoms with van der Waals surface area (Å²) >= 11 is 1.42. The number of hydrogen-bond donors (Lipinski definition) is 3. The van der Waals surface area contributed by atoms with E-state index < -0.39 is 6.10 Å². The van der Waals surface area contributed by atoms with Gasteiger partial charge in [0.15, 0.2) is 0 Å². The first-order chi connectivity index (χ1) is 14.6. The van der Waals surface area contributed by atoms with Crippen molar-refractivity contribution in [2.75, 3.05) is 13.2 Å². The molecule has 7 heteroatoms. The largest absolute Gasteiger partial charge is 0.490 e. The first-order valence-corrected chi connectivity index (χ1v) is 11.1. The van der Waals surface area contributed by atoms with E-state index >= 15 is 0 Å². The zero-order valence-corrected chi connectivity index (χ0v) is 19.8. The Morgan fingerprint density at radius 3 is 2.35 bits per heavy atom. The molecule has 1 aromatic heterocycles. The van der Waals surface area contributed by atoms with E-state index in [1.165, 1.54) is 11.8 Å². The molecule has 1 atom stereocenters. The Kier molecular flexibility index (Phi) is 9.10. The molecule has 0 aliphatic heterocycles. The second-order valence-corrected chi connectivity index (χ2v) is 9.22. The number of ether oxygens (including phenoxy) is 1. The minimum absolute atomic E-state index is 0.0390. The summed E-state index contributed by atoms with van der Waals surface area (Å²) in [5.74, 6) is 6.95. The van der Waals surface area contributed by atoms with E-state index in [4.69, 9.17) is 15.7 Å². The third-order valence-electron chi connectivity index (χ3n) is 4.62. The van der Waals surface area contributed by atoms with E-state index in [2.05, 4.69) is 30.5 Å². The number of thioether (sulfide) groups is 1. The van der Waals surface area contributed by atoms with Crippen molar-refractivity contribution in [3.8, 4) is 5.75 Å². The van der Waals surface area contributed by atoms with Gasteiger partial charge in [0, 0.05) is 21.9 Å². The Bertz CT molecular complexity index is 934. The highest BCUT2D eigenvalue weighted by molar-refractivity contribution is 8.22. The van der Waals surface area contributed by atoms with Crippen molar-refractivity contribution in [3.63, 3.8) is 0 Å². The molecule has 0 aliphatic carbocycles. The molecule has 0 spiro atoms. The van der Waals surface area contributed by atoms with Crippen LogP contribution in [0, 0.1) is 26.7 Å². The van der Waals surface area contributed by atoms with Gasteiger partial charge in [-0.2, -0.15) is 5.10 Å². The summed E-state index contributed by atoms with van der Waals surface area (Å²) in [5, 5.41) is 23.2. The zero-order chi connectivity index (χ0) is 23.1. The molecule has 0 aliphatic rings. The number of aromatic nitrogens is 1. The number of aliphatic hydroxyl groups is 2. The summed E-state index contributed by atoms with van der Waals surface area (Å²) in [6.45, 7) is 14.1. The van der Waals surface area contributed by atoms with Crippen molar-refractivity contribution in [1.82, 2.24) is 4.98 Å². The smallest absolute Gasteiger partial charge is 0.128 e. The second kappa shape index (κ2) is 11.3. The molecule has 0 bridgehead atoms. The van der Waals surface area contributed by atoms with Gasteiger partial charge < -0.3 is 20.8 Å². The molecule has 0 amide bonds. The first-order valence-electron chi connectivity index (χ1n) is 10.3. The average Bonchev–Trinajstić information content (AvgIpc) is 2.69. The van der Waals surface area contributed by atoms with Crippen LogP contribution >= 0.6 is 11.8 Å². The van der Waals surface area contributed by atoms with E-state index in [1.54, 1.807) is 0 Å². The number of nitrogens with two attached hydrogens (primary N) is 1. The van der Waals surface area contributed by atoms with E-state index in [-0.39, 0.29) is 13.2 Å². The summed E-state index contributed by atoms with van der Waals surface area (Å²) in [6.07, 6.45) is -0.0140. The van der Waals surface area contributed by atoms with Gasteiger partial charge in [0.05, 0.1) is 6.61 Å². The number of aliphatic hydroxyl groups excluding tert-OH is 2. The normalized spacial score (nSPS) is 12.8. The Hall–Kier alpha value is -2.35. The lowest BCUT2D eigenvalue weighted by Crippen LogP contribution is -2.21. The molecule has 6 nitrogen and oxygen atoms in total. The maximum Gasteiger partial charge on any atom is 0.128 e. The highest BCUT2D eigenvalue weighted by atomic mass is 32.2. The van der Waals surface area contributed by atoms with Gasteiger partial charge in [-0.05, 0) is 74.1 Å². The van der Waals surface area contributed by atoms with Crippen molar-refractivity contribution >= 4 is 21.7 Å². The maximum absolute atomic E-state index is 9.54. The lowest BCUT2D eigenvalue weighted by molar-refractivity contribution is 0.0532. The summed E-state index contributed by atoms with van der Waals surface area (Å²) in [4.78, 5) is 5.44. The number of rotatable bonds is 9. The van der Waals surface area contributed by atoms with E-state index in [0.29, 0.717) is 16.7 Å². The molecule has 0 fully saturated rings. The van der Waals surface area contributed by atoms with Crippen LogP contribution in [-0.2, 0) is 6.42 Å². The fourth-order valence-corrected chi connectivity index (χ4v) is 4.05. The van der Waals surface area contributed by atoms with Crippen molar-refractivity contribution in [2.24, 2.45) is 16.9 Å². The monoisotopic (exact) mass is 443 g/mol. The third kappa shape index (κ3) is 7.09. The molecule has 1 unspecified atom stereocenters. The van der Waals surface area contributed by atoms with Crippen LogP contribution in [0.5, 0.6) is 5.75 Å². The molecule has 31 heavy (non-hydrogen) atoms. The molecule has 1 aromatic carbocycles. The summed E-state index contributed by atoms with van der Waals surface area (Å²) in [5.41, 5.74) is 5.68. The number of nitrogens with zero attached hydrogens (tertiary/aromatic N) is 2. The molecule has 2 aromatic rings. The van der Waals surface area contributed by atoms with Crippen LogP contribution in [0.2, 0.25) is 0 Å².